The normalized spacial score (nSPS) is 24.4. The van der Waals surface area contributed by atoms with Crippen molar-refractivity contribution in [2.24, 2.45) is 5.73 Å². The molecule has 1 fully saturated rings. The number of rotatable bonds is 3. The second-order valence-electron chi connectivity index (χ2n) is 4.17. The molecule has 0 bridgehead atoms. The standard InChI is InChI=1S/C10H16ClN5O/c1-17-10-15-8(11)14-9(16-10)13-7-4-2-6(12)3-5-7/h6-7H,2-5,12H2,1H3,(H,13,14,15,16). The molecule has 17 heavy (non-hydrogen) atoms. The molecule has 6 nitrogen and oxygen atoms in total. The third-order valence-corrected chi connectivity index (χ3v) is 3.04. The lowest BCUT2D eigenvalue weighted by Gasteiger charge is -2.26. The Morgan fingerprint density at radius 3 is 2.59 bits per heavy atom. The molecule has 0 amide bonds. The van der Waals surface area contributed by atoms with E-state index < -0.39 is 0 Å². The average Bonchev–Trinajstić information content (AvgIpc) is 2.31. The summed E-state index contributed by atoms with van der Waals surface area (Å²) < 4.78 is 4.94. The summed E-state index contributed by atoms with van der Waals surface area (Å²) in [6, 6.07) is 0.891. The van der Waals surface area contributed by atoms with E-state index in [1.165, 1.54) is 7.11 Å². The average molecular weight is 258 g/mol. The van der Waals surface area contributed by atoms with Crippen LogP contribution in [0, 0.1) is 0 Å². The number of nitrogens with one attached hydrogen (secondary N) is 1. The van der Waals surface area contributed by atoms with Crippen LogP contribution in [0.5, 0.6) is 6.01 Å². The van der Waals surface area contributed by atoms with Crippen LogP contribution in [0.25, 0.3) is 0 Å². The monoisotopic (exact) mass is 257 g/mol. The number of nitrogens with zero attached hydrogens (tertiary/aromatic N) is 3. The molecule has 0 aromatic carbocycles. The SMILES string of the molecule is COc1nc(Cl)nc(NC2CCC(N)CC2)n1. The molecule has 0 unspecified atom stereocenters. The minimum atomic E-state index is 0.131. The van der Waals surface area contributed by atoms with E-state index in [4.69, 9.17) is 22.1 Å². The number of halogens is 1. The highest BCUT2D eigenvalue weighted by Crippen LogP contribution is 2.20. The maximum Gasteiger partial charge on any atom is 0.322 e. The number of hydrogen-bond acceptors (Lipinski definition) is 6. The molecule has 7 heteroatoms. The highest BCUT2D eigenvalue weighted by Gasteiger charge is 2.19. The summed E-state index contributed by atoms with van der Waals surface area (Å²) in [4.78, 5) is 11.9. The van der Waals surface area contributed by atoms with Crippen molar-refractivity contribution in [3.63, 3.8) is 0 Å². The Labute approximate surface area is 105 Å². The molecule has 0 aliphatic heterocycles. The van der Waals surface area contributed by atoms with E-state index in [1.54, 1.807) is 0 Å². The van der Waals surface area contributed by atoms with Gasteiger partial charge >= 0.3 is 6.01 Å². The molecule has 1 aliphatic rings. The summed E-state index contributed by atoms with van der Waals surface area (Å²) in [6.07, 6.45) is 4.08. The molecule has 2 rings (SSSR count). The van der Waals surface area contributed by atoms with E-state index in [2.05, 4.69) is 20.3 Å². The lowest BCUT2D eigenvalue weighted by molar-refractivity contribution is 0.377. The zero-order chi connectivity index (χ0) is 12.3. The largest absolute Gasteiger partial charge is 0.467 e. The second-order valence-corrected chi connectivity index (χ2v) is 4.51. The van der Waals surface area contributed by atoms with Gasteiger partial charge in [-0.15, -0.1) is 0 Å². The van der Waals surface area contributed by atoms with E-state index >= 15 is 0 Å². The van der Waals surface area contributed by atoms with Gasteiger partial charge in [-0.05, 0) is 37.3 Å². The molecule has 3 N–H and O–H groups in total. The van der Waals surface area contributed by atoms with Gasteiger partial charge in [0.2, 0.25) is 11.2 Å². The summed E-state index contributed by atoms with van der Waals surface area (Å²) in [6.45, 7) is 0. The first-order chi connectivity index (χ1) is 8.17. The van der Waals surface area contributed by atoms with E-state index in [0.717, 1.165) is 25.7 Å². The molecule has 1 aromatic rings. The Balaban J connectivity index is 2.00. The number of nitrogens with two attached hydrogens (primary N) is 1. The van der Waals surface area contributed by atoms with Crippen LogP contribution >= 0.6 is 11.6 Å². The van der Waals surface area contributed by atoms with Gasteiger partial charge in [-0.2, -0.15) is 15.0 Å². The first-order valence-electron chi connectivity index (χ1n) is 5.65. The smallest absolute Gasteiger partial charge is 0.322 e. The van der Waals surface area contributed by atoms with E-state index in [9.17, 15) is 0 Å². The predicted molar refractivity (Wildman–Crippen MR) is 65.2 cm³/mol. The first kappa shape index (κ1) is 12.3. The number of methoxy groups -OCH3 is 1. The first-order valence-corrected chi connectivity index (χ1v) is 6.03. The number of aromatic nitrogens is 3. The highest BCUT2D eigenvalue weighted by atomic mass is 35.5. The fourth-order valence-electron chi connectivity index (χ4n) is 1.93. The van der Waals surface area contributed by atoms with Gasteiger partial charge in [0, 0.05) is 12.1 Å². The van der Waals surface area contributed by atoms with Crippen molar-refractivity contribution >= 4 is 17.5 Å². The summed E-state index contributed by atoms with van der Waals surface area (Å²) >= 11 is 5.77. The molecular weight excluding hydrogens is 242 g/mol. The van der Waals surface area contributed by atoms with Crippen LogP contribution in [0.2, 0.25) is 5.28 Å². The van der Waals surface area contributed by atoms with Gasteiger partial charge in [0.05, 0.1) is 7.11 Å². The van der Waals surface area contributed by atoms with Crippen molar-refractivity contribution in [1.82, 2.24) is 15.0 Å². The zero-order valence-electron chi connectivity index (χ0n) is 9.69. The molecule has 0 radical (unpaired) electrons. The lowest BCUT2D eigenvalue weighted by atomic mass is 9.92. The molecule has 1 aromatic heterocycles. The number of hydrogen-bond donors (Lipinski definition) is 2. The third-order valence-electron chi connectivity index (χ3n) is 2.88. The van der Waals surface area contributed by atoms with E-state index in [-0.39, 0.29) is 11.3 Å². The molecule has 1 aliphatic carbocycles. The molecule has 1 saturated carbocycles. The lowest BCUT2D eigenvalue weighted by Crippen LogP contribution is -2.33. The Morgan fingerprint density at radius 1 is 1.24 bits per heavy atom. The van der Waals surface area contributed by atoms with Gasteiger partial charge < -0.3 is 15.8 Å². The van der Waals surface area contributed by atoms with Crippen molar-refractivity contribution < 1.29 is 4.74 Å². The molecule has 1 heterocycles. The van der Waals surface area contributed by atoms with Gasteiger partial charge in [0.25, 0.3) is 0 Å². The minimum absolute atomic E-state index is 0.131. The Morgan fingerprint density at radius 2 is 1.94 bits per heavy atom. The topological polar surface area (TPSA) is 86.0 Å². The van der Waals surface area contributed by atoms with Crippen molar-refractivity contribution in [2.45, 2.75) is 37.8 Å². The minimum Gasteiger partial charge on any atom is -0.467 e. The molecule has 0 atom stereocenters. The molecule has 0 saturated heterocycles. The van der Waals surface area contributed by atoms with Crippen LogP contribution in [0.15, 0.2) is 0 Å². The second kappa shape index (κ2) is 5.46. The quantitative estimate of drug-likeness (QED) is 0.847. The summed E-state index contributed by atoms with van der Waals surface area (Å²) in [5, 5.41) is 3.37. The number of anilines is 1. The summed E-state index contributed by atoms with van der Waals surface area (Å²) in [7, 11) is 1.50. The Kier molecular flexibility index (Phi) is 3.96. The van der Waals surface area contributed by atoms with Crippen molar-refractivity contribution in [1.29, 1.82) is 0 Å². The number of ether oxygens (including phenoxy) is 1. The van der Waals surface area contributed by atoms with Crippen molar-refractivity contribution in [3.8, 4) is 6.01 Å². The maximum absolute atomic E-state index is 5.85. The highest BCUT2D eigenvalue weighted by molar-refractivity contribution is 6.28. The zero-order valence-corrected chi connectivity index (χ0v) is 10.4. The molecule has 0 spiro atoms. The Hall–Kier alpha value is -1.14. The third kappa shape index (κ3) is 3.41. The maximum atomic E-state index is 5.85. The van der Waals surface area contributed by atoms with E-state index in [1.807, 2.05) is 0 Å². The van der Waals surface area contributed by atoms with Crippen LogP contribution < -0.4 is 15.8 Å². The van der Waals surface area contributed by atoms with Crippen LogP contribution in [0.1, 0.15) is 25.7 Å². The summed E-state index contributed by atoms with van der Waals surface area (Å²) in [5.41, 5.74) is 5.85. The Bertz CT molecular complexity index is 381. The van der Waals surface area contributed by atoms with Crippen LogP contribution in [0.3, 0.4) is 0 Å². The molecular formula is C10H16ClN5O. The van der Waals surface area contributed by atoms with Gasteiger partial charge in [0.15, 0.2) is 0 Å². The van der Waals surface area contributed by atoms with Crippen molar-refractivity contribution in [2.75, 3.05) is 12.4 Å². The van der Waals surface area contributed by atoms with E-state index in [0.29, 0.717) is 18.0 Å². The van der Waals surface area contributed by atoms with Gasteiger partial charge in [0.1, 0.15) is 0 Å². The van der Waals surface area contributed by atoms with Gasteiger partial charge in [-0.25, -0.2) is 0 Å². The molecule has 94 valence electrons. The van der Waals surface area contributed by atoms with Crippen LogP contribution in [0.4, 0.5) is 5.95 Å². The fourth-order valence-corrected chi connectivity index (χ4v) is 2.09. The van der Waals surface area contributed by atoms with Crippen LogP contribution in [-0.2, 0) is 0 Å². The fraction of sp³-hybridized carbons (Fsp3) is 0.700. The van der Waals surface area contributed by atoms with Gasteiger partial charge in [-0.1, -0.05) is 0 Å². The van der Waals surface area contributed by atoms with Gasteiger partial charge in [-0.3, -0.25) is 0 Å². The predicted octanol–water partition coefficient (Wildman–Crippen LogP) is 1.22. The van der Waals surface area contributed by atoms with Crippen LogP contribution in [-0.4, -0.2) is 34.1 Å². The van der Waals surface area contributed by atoms with Crippen molar-refractivity contribution in [3.05, 3.63) is 5.28 Å². The summed E-state index contributed by atoms with van der Waals surface area (Å²) in [5.74, 6) is 0.460.